The molecule has 4 bridgehead atoms. The van der Waals surface area contributed by atoms with E-state index in [0.717, 1.165) is 16.9 Å². The average molecular weight is 304 g/mol. The van der Waals surface area contributed by atoms with Crippen LogP contribution in [-0.2, 0) is 0 Å². The highest BCUT2D eigenvalue weighted by atomic mass is 35.5. The number of hydrogen-bond acceptors (Lipinski definition) is 1. The van der Waals surface area contributed by atoms with Crippen LogP contribution >= 0.6 is 11.6 Å². The third-order valence-corrected chi connectivity index (χ3v) is 6.72. The second-order valence-corrected chi connectivity index (χ2v) is 8.85. The molecular formula is C19H26ClN. The maximum atomic E-state index is 6.25. The molecule has 0 saturated heterocycles. The summed E-state index contributed by atoms with van der Waals surface area (Å²) in [5.41, 5.74) is 2.44. The fraction of sp³-hybridized carbons (Fsp3) is 0.684. The van der Waals surface area contributed by atoms with E-state index >= 15 is 0 Å². The fourth-order valence-electron chi connectivity index (χ4n) is 6.65. The van der Waals surface area contributed by atoms with Gasteiger partial charge in [0, 0.05) is 11.1 Å². The monoisotopic (exact) mass is 303 g/mol. The molecule has 4 aliphatic carbocycles. The van der Waals surface area contributed by atoms with Gasteiger partial charge in [-0.2, -0.15) is 0 Å². The molecule has 3 atom stereocenters. The van der Waals surface area contributed by atoms with Gasteiger partial charge < -0.3 is 5.32 Å². The Morgan fingerprint density at radius 1 is 1.19 bits per heavy atom. The second kappa shape index (κ2) is 4.73. The molecule has 0 amide bonds. The van der Waals surface area contributed by atoms with E-state index in [9.17, 15) is 0 Å². The van der Waals surface area contributed by atoms with E-state index in [0.29, 0.717) is 16.9 Å². The first-order chi connectivity index (χ1) is 10.0. The van der Waals surface area contributed by atoms with E-state index in [4.69, 9.17) is 11.6 Å². The lowest BCUT2D eigenvalue weighted by molar-refractivity contribution is -0.118. The Kier molecular flexibility index (Phi) is 3.17. The zero-order chi connectivity index (χ0) is 14.7. The summed E-state index contributed by atoms with van der Waals surface area (Å²) in [4.78, 5) is 0. The summed E-state index contributed by atoms with van der Waals surface area (Å²) < 4.78 is 0. The van der Waals surface area contributed by atoms with Crippen molar-refractivity contribution in [3.8, 4) is 0 Å². The van der Waals surface area contributed by atoms with E-state index in [1.54, 1.807) is 0 Å². The van der Waals surface area contributed by atoms with Gasteiger partial charge in [0.05, 0.1) is 0 Å². The van der Waals surface area contributed by atoms with Crippen molar-refractivity contribution in [3.63, 3.8) is 0 Å². The lowest BCUT2D eigenvalue weighted by Crippen LogP contribution is -2.55. The van der Waals surface area contributed by atoms with E-state index < -0.39 is 0 Å². The molecule has 21 heavy (non-hydrogen) atoms. The van der Waals surface area contributed by atoms with Crippen LogP contribution < -0.4 is 5.32 Å². The highest BCUT2D eigenvalue weighted by molar-refractivity contribution is 6.30. The lowest BCUT2D eigenvalue weighted by atomic mass is 9.43. The minimum absolute atomic E-state index is 0.457. The third-order valence-electron chi connectivity index (χ3n) is 6.48. The van der Waals surface area contributed by atoms with Gasteiger partial charge in [-0.05, 0) is 85.9 Å². The Hall–Kier alpha value is -0.530. The molecule has 2 heteroatoms. The summed E-state index contributed by atoms with van der Waals surface area (Å²) in [5, 5.41) is 4.53. The van der Waals surface area contributed by atoms with Crippen LogP contribution in [0, 0.1) is 22.7 Å². The zero-order valence-corrected chi connectivity index (χ0v) is 13.9. The molecule has 1 aromatic carbocycles. The van der Waals surface area contributed by atoms with Gasteiger partial charge >= 0.3 is 0 Å². The van der Waals surface area contributed by atoms with Crippen molar-refractivity contribution >= 4 is 11.6 Å². The molecule has 4 fully saturated rings. The van der Waals surface area contributed by atoms with Gasteiger partial charge in [0.2, 0.25) is 0 Å². The molecule has 0 heterocycles. The Morgan fingerprint density at radius 2 is 1.90 bits per heavy atom. The largest absolute Gasteiger partial charge is 0.313 e. The Morgan fingerprint density at radius 3 is 2.48 bits per heavy atom. The molecule has 4 aliphatic rings. The lowest BCUT2D eigenvalue weighted by Gasteiger charge is -2.63. The average Bonchev–Trinajstić information content (AvgIpc) is 2.36. The number of hydrogen-bond donors (Lipinski definition) is 1. The number of nitrogens with one attached hydrogen (secondary N) is 1. The quantitative estimate of drug-likeness (QED) is 0.808. The standard InChI is InChI=1S/C19H26ClN/c1-18-8-13-6-14(9-18)11-19(10-13,12-18)17(21-2)15-4-3-5-16(20)7-15/h3-5,7,13-14,17,21H,6,8-12H2,1-2H3. The SMILES string of the molecule is CNC(c1cccc(Cl)c1)C12CC3CC(CC(C)(C3)C1)C2. The number of halogens is 1. The summed E-state index contributed by atoms with van der Waals surface area (Å²) in [7, 11) is 2.13. The van der Waals surface area contributed by atoms with Gasteiger partial charge in [-0.1, -0.05) is 30.7 Å². The summed E-state index contributed by atoms with van der Waals surface area (Å²) >= 11 is 6.25. The summed E-state index contributed by atoms with van der Waals surface area (Å²) in [6.45, 7) is 2.55. The van der Waals surface area contributed by atoms with Crippen LogP contribution in [0.4, 0.5) is 0 Å². The predicted molar refractivity (Wildman–Crippen MR) is 88.5 cm³/mol. The molecule has 1 aromatic rings. The molecule has 0 radical (unpaired) electrons. The van der Waals surface area contributed by atoms with Gasteiger partial charge in [0.1, 0.15) is 0 Å². The highest BCUT2D eigenvalue weighted by Gasteiger charge is 2.58. The van der Waals surface area contributed by atoms with Crippen molar-refractivity contribution in [2.75, 3.05) is 7.05 Å². The summed E-state index contributed by atoms with van der Waals surface area (Å²) in [6, 6.07) is 8.97. The minimum atomic E-state index is 0.457. The molecule has 5 rings (SSSR count). The molecule has 0 spiro atoms. The van der Waals surface area contributed by atoms with E-state index in [2.05, 4.69) is 37.5 Å². The molecule has 114 valence electrons. The van der Waals surface area contributed by atoms with Gasteiger partial charge in [-0.3, -0.25) is 0 Å². The number of benzene rings is 1. The van der Waals surface area contributed by atoms with Crippen LogP contribution in [-0.4, -0.2) is 7.05 Å². The van der Waals surface area contributed by atoms with Crippen LogP contribution in [0.25, 0.3) is 0 Å². The topological polar surface area (TPSA) is 12.0 Å². The highest BCUT2D eigenvalue weighted by Crippen LogP contribution is 2.68. The van der Waals surface area contributed by atoms with Crippen molar-refractivity contribution in [1.82, 2.24) is 5.32 Å². The van der Waals surface area contributed by atoms with Crippen molar-refractivity contribution < 1.29 is 0 Å². The fourth-order valence-corrected chi connectivity index (χ4v) is 6.85. The molecule has 1 nitrogen and oxygen atoms in total. The van der Waals surface area contributed by atoms with E-state index in [-0.39, 0.29) is 0 Å². The van der Waals surface area contributed by atoms with Gasteiger partial charge in [0.25, 0.3) is 0 Å². The van der Waals surface area contributed by atoms with Crippen molar-refractivity contribution in [3.05, 3.63) is 34.9 Å². The maximum absolute atomic E-state index is 6.25. The van der Waals surface area contributed by atoms with Crippen molar-refractivity contribution in [2.45, 2.75) is 51.5 Å². The maximum Gasteiger partial charge on any atom is 0.0409 e. The molecule has 1 N–H and O–H groups in total. The van der Waals surface area contributed by atoms with Gasteiger partial charge in [-0.15, -0.1) is 0 Å². The Bertz CT molecular complexity index is 538. The Balaban J connectivity index is 1.73. The van der Waals surface area contributed by atoms with Crippen LogP contribution in [0.3, 0.4) is 0 Å². The first-order valence-electron chi connectivity index (χ1n) is 8.45. The van der Waals surface area contributed by atoms with Gasteiger partial charge in [-0.25, -0.2) is 0 Å². The second-order valence-electron chi connectivity index (χ2n) is 8.41. The summed E-state index contributed by atoms with van der Waals surface area (Å²) in [6.07, 6.45) is 8.65. The molecule has 0 aliphatic heterocycles. The van der Waals surface area contributed by atoms with Gasteiger partial charge in [0.15, 0.2) is 0 Å². The zero-order valence-electron chi connectivity index (χ0n) is 13.2. The van der Waals surface area contributed by atoms with Crippen LogP contribution in [0.2, 0.25) is 5.02 Å². The predicted octanol–water partition coefficient (Wildman–Crippen LogP) is 5.21. The smallest absolute Gasteiger partial charge is 0.0409 e. The van der Waals surface area contributed by atoms with Crippen LogP contribution in [0.1, 0.15) is 57.1 Å². The number of rotatable bonds is 3. The normalized spacial score (nSPS) is 42.2. The van der Waals surface area contributed by atoms with Crippen LogP contribution in [0.5, 0.6) is 0 Å². The van der Waals surface area contributed by atoms with E-state index in [1.165, 1.54) is 44.1 Å². The third kappa shape index (κ3) is 2.24. The molecule has 3 unspecified atom stereocenters. The first kappa shape index (κ1) is 14.1. The Labute approximate surface area is 133 Å². The first-order valence-corrected chi connectivity index (χ1v) is 8.83. The minimum Gasteiger partial charge on any atom is -0.313 e. The molecule has 4 saturated carbocycles. The van der Waals surface area contributed by atoms with Crippen LogP contribution in [0.15, 0.2) is 24.3 Å². The molecular weight excluding hydrogens is 278 g/mol. The van der Waals surface area contributed by atoms with Crippen molar-refractivity contribution in [2.24, 2.45) is 22.7 Å². The molecule has 0 aromatic heterocycles. The van der Waals surface area contributed by atoms with Crippen molar-refractivity contribution in [1.29, 1.82) is 0 Å². The summed E-state index contributed by atoms with van der Waals surface area (Å²) in [5.74, 6) is 1.93. The van der Waals surface area contributed by atoms with E-state index in [1.807, 2.05) is 6.07 Å².